The van der Waals surface area contributed by atoms with Crippen molar-refractivity contribution in [2.24, 2.45) is 0 Å². The van der Waals surface area contributed by atoms with Crippen molar-refractivity contribution in [2.75, 3.05) is 23.7 Å². The number of ether oxygens (including phenoxy) is 1. The highest BCUT2D eigenvalue weighted by atomic mass is 35.5. The lowest BCUT2D eigenvalue weighted by molar-refractivity contribution is 0.403. The number of unbranched alkanes of at least 4 members (excludes halogenated alkanes) is 2. The fraction of sp³-hybridized carbons (Fsp3) is 0.353. The number of pyridine rings is 1. The van der Waals surface area contributed by atoms with Crippen LogP contribution in [0.5, 0.6) is 5.75 Å². The second-order valence-corrected chi connectivity index (χ2v) is 7.55. The third-order valence-electron chi connectivity index (χ3n) is 3.53. The summed E-state index contributed by atoms with van der Waals surface area (Å²) in [4.78, 5) is 4.10. The summed E-state index contributed by atoms with van der Waals surface area (Å²) in [6.07, 6.45) is 5.01. The van der Waals surface area contributed by atoms with Crippen LogP contribution in [0.4, 0.5) is 11.5 Å². The Balaban J connectivity index is 2.09. The largest absolute Gasteiger partial charge is 0.495 e. The first-order valence-electron chi connectivity index (χ1n) is 8.02. The van der Waals surface area contributed by atoms with E-state index in [4.69, 9.17) is 16.3 Å². The summed E-state index contributed by atoms with van der Waals surface area (Å²) in [7, 11) is -2.46. The first kappa shape index (κ1) is 19.3. The summed E-state index contributed by atoms with van der Waals surface area (Å²) in [5.74, 6) is 0.437. The monoisotopic (exact) mass is 383 g/mol. The normalized spacial score (nSPS) is 11.2. The minimum absolute atomic E-state index is 0.0360. The molecule has 2 rings (SSSR count). The van der Waals surface area contributed by atoms with Crippen molar-refractivity contribution in [2.45, 2.75) is 31.1 Å². The van der Waals surface area contributed by atoms with Gasteiger partial charge in [0.15, 0.2) is 0 Å². The number of halogens is 1. The zero-order valence-corrected chi connectivity index (χ0v) is 15.8. The smallest absolute Gasteiger partial charge is 0.266 e. The molecule has 1 aromatic carbocycles. The first-order chi connectivity index (χ1) is 12.0. The molecule has 25 heavy (non-hydrogen) atoms. The Morgan fingerprint density at radius 2 is 2.00 bits per heavy atom. The molecule has 1 heterocycles. The number of benzene rings is 1. The number of hydrogen-bond acceptors (Lipinski definition) is 5. The Morgan fingerprint density at radius 1 is 1.20 bits per heavy atom. The van der Waals surface area contributed by atoms with E-state index in [1.807, 2.05) is 0 Å². The number of rotatable bonds is 9. The zero-order chi connectivity index (χ0) is 18.3. The average molecular weight is 384 g/mol. The van der Waals surface area contributed by atoms with Crippen molar-refractivity contribution in [3.63, 3.8) is 0 Å². The quantitative estimate of drug-likeness (QED) is 0.636. The van der Waals surface area contributed by atoms with Crippen LogP contribution < -0.4 is 14.8 Å². The standard InChI is InChI=1S/C17H22ClN3O3S/c1-3-4-5-10-19-14-7-9-17(20-12-14)21-25(22,23)16-11-13(18)6-8-15(16)24-2/h6-9,11-12,19H,3-5,10H2,1-2H3,(H,20,21). The highest BCUT2D eigenvalue weighted by Crippen LogP contribution is 2.28. The molecule has 0 saturated heterocycles. The predicted octanol–water partition coefficient (Wildman–Crippen LogP) is 4.15. The van der Waals surface area contributed by atoms with E-state index in [9.17, 15) is 8.42 Å². The molecule has 1 aromatic heterocycles. The van der Waals surface area contributed by atoms with Gasteiger partial charge in [0.05, 0.1) is 19.0 Å². The average Bonchev–Trinajstić information content (AvgIpc) is 2.60. The molecular weight excluding hydrogens is 362 g/mol. The second-order valence-electron chi connectivity index (χ2n) is 5.47. The van der Waals surface area contributed by atoms with Crippen LogP contribution in [0, 0.1) is 0 Å². The first-order valence-corrected chi connectivity index (χ1v) is 9.88. The molecule has 0 aliphatic heterocycles. The molecule has 6 nitrogen and oxygen atoms in total. The van der Waals surface area contributed by atoms with Gasteiger partial charge in [0, 0.05) is 11.6 Å². The van der Waals surface area contributed by atoms with Crippen LogP contribution in [-0.4, -0.2) is 27.1 Å². The summed E-state index contributed by atoms with van der Waals surface area (Å²) in [6, 6.07) is 7.80. The maximum absolute atomic E-state index is 12.6. The molecule has 0 fully saturated rings. The predicted molar refractivity (Wildman–Crippen MR) is 101 cm³/mol. The molecule has 0 atom stereocenters. The van der Waals surface area contributed by atoms with Crippen LogP contribution in [-0.2, 0) is 10.0 Å². The molecule has 0 saturated carbocycles. The molecular formula is C17H22ClN3O3S. The van der Waals surface area contributed by atoms with Gasteiger partial charge in [0.25, 0.3) is 10.0 Å². The van der Waals surface area contributed by atoms with Crippen molar-refractivity contribution in [1.29, 1.82) is 0 Å². The van der Waals surface area contributed by atoms with E-state index < -0.39 is 10.0 Å². The van der Waals surface area contributed by atoms with Crippen LogP contribution in [0.25, 0.3) is 0 Å². The van der Waals surface area contributed by atoms with Crippen molar-refractivity contribution in [3.05, 3.63) is 41.6 Å². The van der Waals surface area contributed by atoms with Gasteiger partial charge in [-0.25, -0.2) is 13.4 Å². The lowest BCUT2D eigenvalue weighted by atomic mass is 10.2. The molecule has 0 aliphatic carbocycles. The Morgan fingerprint density at radius 3 is 2.64 bits per heavy atom. The van der Waals surface area contributed by atoms with Crippen LogP contribution in [0.15, 0.2) is 41.4 Å². The second kappa shape index (κ2) is 8.92. The molecule has 0 aliphatic rings. The highest BCUT2D eigenvalue weighted by molar-refractivity contribution is 7.92. The van der Waals surface area contributed by atoms with E-state index in [1.165, 1.54) is 25.7 Å². The zero-order valence-electron chi connectivity index (χ0n) is 14.3. The molecule has 0 radical (unpaired) electrons. The lowest BCUT2D eigenvalue weighted by Gasteiger charge is -2.12. The molecule has 2 N–H and O–H groups in total. The lowest BCUT2D eigenvalue weighted by Crippen LogP contribution is -2.15. The van der Waals surface area contributed by atoms with Gasteiger partial charge in [0.2, 0.25) is 0 Å². The van der Waals surface area contributed by atoms with Gasteiger partial charge >= 0.3 is 0 Å². The summed E-state index contributed by atoms with van der Waals surface area (Å²) >= 11 is 5.90. The summed E-state index contributed by atoms with van der Waals surface area (Å²) < 4.78 is 32.6. The summed E-state index contributed by atoms with van der Waals surface area (Å²) in [6.45, 7) is 3.01. The number of aromatic nitrogens is 1. The van der Waals surface area contributed by atoms with Gasteiger partial charge in [0.1, 0.15) is 16.5 Å². The minimum Gasteiger partial charge on any atom is -0.495 e. The molecule has 0 amide bonds. The van der Waals surface area contributed by atoms with Crippen LogP contribution in [0.1, 0.15) is 26.2 Å². The van der Waals surface area contributed by atoms with E-state index >= 15 is 0 Å². The van der Waals surface area contributed by atoms with Crippen molar-refractivity contribution in [3.8, 4) is 5.75 Å². The third kappa shape index (κ3) is 5.51. The number of anilines is 2. The number of nitrogens with zero attached hydrogens (tertiary/aromatic N) is 1. The van der Waals surface area contributed by atoms with Gasteiger partial charge in [-0.2, -0.15) is 0 Å². The van der Waals surface area contributed by atoms with Gasteiger partial charge in [-0.05, 0) is 36.8 Å². The van der Waals surface area contributed by atoms with Crippen molar-refractivity contribution in [1.82, 2.24) is 4.98 Å². The summed E-state index contributed by atoms with van der Waals surface area (Å²) in [5.41, 5.74) is 0.847. The molecule has 136 valence electrons. The Hall–Kier alpha value is -1.99. The number of hydrogen-bond donors (Lipinski definition) is 2. The van der Waals surface area contributed by atoms with Crippen LogP contribution in [0.2, 0.25) is 5.02 Å². The van der Waals surface area contributed by atoms with Gasteiger partial charge in [-0.3, -0.25) is 4.72 Å². The van der Waals surface area contributed by atoms with E-state index in [-0.39, 0.29) is 16.5 Å². The van der Waals surface area contributed by atoms with Gasteiger partial charge in [-0.15, -0.1) is 0 Å². The summed E-state index contributed by atoms with van der Waals surface area (Å²) in [5, 5.41) is 3.56. The third-order valence-corrected chi connectivity index (χ3v) is 5.14. The number of nitrogens with one attached hydrogen (secondary N) is 2. The molecule has 2 aromatic rings. The van der Waals surface area contributed by atoms with Crippen LogP contribution >= 0.6 is 11.6 Å². The van der Waals surface area contributed by atoms with Crippen molar-refractivity contribution < 1.29 is 13.2 Å². The molecule has 8 heteroatoms. The Labute approximate surface area is 153 Å². The molecule has 0 bridgehead atoms. The van der Waals surface area contributed by atoms with E-state index in [1.54, 1.807) is 24.4 Å². The van der Waals surface area contributed by atoms with Crippen molar-refractivity contribution >= 4 is 33.1 Å². The molecule has 0 spiro atoms. The van der Waals surface area contributed by atoms with E-state index in [0.29, 0.717) is 5.02 Å². The SMILES string of the molecule is CCCCCNc1ccc(NS(=O)(=O)c2cc(Cl)ccc2OC)nc1. The number of methoxy groups -OCH3 is 1. The number of sulfonamides is 1. The molecule has 0 unspecified atom stereocenters. The highest BCUT2D eigenvalue weighted by Gasteiger charge is 2.20. The fourth-order valence-electron chi connectivity index (χ4n) is 2.22. The Kier molecular flexibility index (Phi) is 6.90. The topological polar surface area (TPSA) is 80.3 Å². The minimum atomic E-state index is -3.86. The van der Waals surface area contributed by atoms with Gasteiger partial charge < -0.3 is 10.1 Å². The van der Waals surface area contributed by atoms with Crippen LogP contribution in [0.3, 0.4) is 0 Å². The maximum Gasteiger partial charge on any atom is 0.266 e. The van der Waals surface area contributed by atoms with E-state index in [2.05, 4.69) is 21.9 Å². The van der Waals surface area contributed by atoms with Gasteiger partial charge in [-0.1, -0.05) is 31.4 Å². The maximum atomic E-state index is 12.6. The Bertz CT molecular complexity index is 795. The van der Waals surface area contributed by atoms with E-state index in [0.717, 1.165) is 25.1 Å². The fourth-order valence-corrected chi connectivity index (χ4v) is 3.66.